The average Bonchev–Trinajstić information content (AvgIpc) is 2.82. The molecule has 6 nitrogen and oxygen atoms in total. The Balaban J connectivity index is 1.68. The molecule has 0 aliphatic heterocycles. The summed E-state index contributed by atoms with van der Waals surface area (Å²) in [6, 6.07) is 14.5. The van der Waals surface area contributed by atoms with Gasteiger partial charge in [0.2, 0.25) is 0 Å². The molecule has 0 amide bonds. The first-order valence-electron chi connectivity index (χ1n) is 10.4. The van der Waals surface area contributed by atoms with Gasteiger partial charge in [-0.25, -0.2) is 0 Å². The zero-order chi connectivity index (χ0) is 24.5. The zero-order valence-electron chi connectivity index (χ0n) is 19.0. The van der Waals surface area contributed by atoms with Gasteiger partial charge < -0.3 is 24.4 Å². The second-order valence-corrected chi connectivity index (χ2v) is 8.32. The summed E-state index contributed by atoms with van der Waals surface area (Å²) in [5.74, 6) is 2.29. The Morgan fingerprint density at radius 3 is 2.35 bits per heavy atom. The monoisotopic (exact) mass is 522 g/mol. The summed E-state index contributed by atoms with van der Waals surface area (Å²) in [4.78, 5) is 0. The Labute approximate surface area is 214 Å². The summed E-state index contributed by atoms with van der Waals surface area (Å²) in [6.07, 6.45) is 1.66. The number of nitrogens with zero attached hydrogens (tertiary/aromatic N) is 1. The van der Waals surface area contributed by atoms with Gasteiger partial charge in [-0.3, -0.25) is 0 Å². The van der Waals surface area contributed by atoms with Crippen LogP contribution in [0.1, 0.15) is 23.6 Å². The molecule has 0 unspecified atom stereocenters. The maximum atomic E-state index is 6.51. The van der Waals surface area contributed by atoms with Crippen LogP contribution in [-0.2, 0) is 13.2 Å². The van der Waals surface area contributed by atoms with Crippen LogP contribution < -0.4 is 24.4 Å². The molecule has 0 bridgehead atoms. The quantitative estimate of drug-likeness (QED) is 0.222. The van der Waals surface area contributed by atoms with Crippen molar-refractivity contribution >= 4 is 41.0 Å². The molecule has 1 N–H and O–H groups in total. The van der Waals surface area contributed by atoms with E-state index in [9.17, 15) is 0 Å². The maximum Gasteiger partial charge on any atom is 0.180 e. The Kier molecular flexibility index (Phi) is 9.57. The highest BCUT2D eigenvalue weighted by Gasteiger charge is 2.13. The van der Waals surface area contributed by atoms with E-state index < -0.39 is 0 Å². The van der Waals surface area contributed by atoms with E-state index in [0.717, 1.165) is 16.7 Å². The Hall–Kier alpha value is -2.80. The standard InChI is InChI=1S/C25H25Cl3N2O4/c1-4-33-24-11-17(14-30-29-13-16-5-8-22(31-2)23(10-16)32-3)9-21(28)25(24)34-15-18-6-7-19(26)12-20(18)27/h5-12,14,29H,4,13,15H2,1-3H3/b30-14+. The van der Waals surface area contributed by atoms with Crippen LogP contribution in [0.5, 0.6) is 23.0 Å². The molecule has 0 heterocycles. The number of ether oxygens (including phenoxy) is 4. The largest absolute Gasteiger partial charge is 0.493 e. The smallest absolute Gasteiger partial charge is 0.180 e. The van der Waals surface area contributed by atoms with Crippen molar-refractivity contribution < 1.29 is 18.9 Å². The minimum absolute atomic E-state index is 0.218. The number of rotatable bonds is 11. The normalized spacial score (nSPS) is 10.9. The van der Waals surface area contributed by atoms with Gasteiger partial charge in [0.25, 0.3) is 0 Å². The van der Waals surface area contributed by atoms with E-state index in [1.54, 1.807) is 38.6 Å². The van der Waals surface area contributed by atoms with Crippen molar-refractivity contribution in [1.82, 2.24) is 5.43 Å². The molecular formula is C25H25Cl3N2O4. The van der Waals surface area contributed by atoms with Crippen molar-refractivity contribution in [2.45, 2.75) is 20.1 Å². The van der Waals surface area contributed by atoms with Gasteiger partial charge >= 0.3 is 0 Å². The Morgan fingerprint density at radius 2 is 1.65 bits per heavy atom. The third-order valence-electron chi connectivity index (χ3n) is 4.75. The third-order valence-corrected chi connectivity index (χ3v) is 5.62. The number of hydrazone groups is 1. The summed E-state index contributed by atoms with van der Waals surface area (Å²) in [5, 5.41) is 5.77. The predicted molar refractivity (Wildman–Crippen MR) is 137 cm³/mol. The van der Waals surface area contributed by atoms with Crippen molar-refractivity contribution in [3.63, 3.8) is 0 Å². The molecular weight excluding hydrogens is 499 g/mol. The Bertz CT molecular complexity index is 1160. The first-order valence-corrected chi connectivity index (χ1v) is 11.6. The fourth-order valence-corrected chi connectivity index (χ4v) is 3.84. The topological polar surface area (TPSA) is 61.3 Å². The summed E-state index contributed by atoms with van der Waals surface area (Å²) in [5.41, 5.74) is 5.55. The SMILES string of the molecule is CCOc1cc(/C=N/NCc2ccc(OC)c(OC)c2)cc(Cl)c1OCc1ccc(Cl)cc1Cl. The van der Waals surface area contributed by atoms with Gasteiger partial charge in [0.05, 0.1) is 38.6 Å². The van der Waals surface area contributed by atoms with E-state index in [4.69, 9.17) is 53.8 Å². The van der Waals surface area contributed by atoms with E-state index in [1.165, 1.54) is 0 Å². The lowest BCUT2D eigenvalue weighted by molar-refractivity contribution is 0.269. The number of methoxy groups -OCH3 is 2. The number of nitrogens with one attached hydrogen (secondary N) is 1. The van der Waals surface area contributed by atoms with Crippen molar-refractivity contribution in [1.29, 1.82) is 0 Å². The van der Waals surface area contributed by atoms with E-state index >= 15 is 0 Å². The van der Waals surface area contributed by atoms with Crippen LogP contribution in [0.25, 0.3) is 0 Å². The van der Waals surface area contributed by atoms with Gasteiger partial charge in [-0.15, -0.1) is 0 Å². The van der Waals surface area contributed by atoms with Gasteiger partial charge in [0.1, 0.15) is 6.61 Å². The highest BCUT2D eigenvalue weighted by atomic mass is 35.5. The first kappa shape index (κ1) is 25.8. The summed E-state index contributed by atoms with van der Waals surface area (Å²) in [7, 11) is 3.20. The molecule has 0 spiro atoms. The van der Waals surface area contributed by atoms with Crippen LogP contribution in [0.3, 0.4) is 0 Å². The second kappa shape index (κ2) is 12.6. The molecule has 9 heteroatoms. The van der Waals surface area contributed by atoms with Crippen molar-refractivity contribution in [3.8, 4) is 23.0 Å². The molecule has 0 fully saturated rings. The predicted octanol–water partition coefficient (Wildman–Crippen LogP) is 6.77. The van der Waals surface area contributed by atoms with Crippen molar-refractivity contribution in [2.24, 2.45) is 5.10 Å². The molecule has 3 aromatic carbocycles. The summed E-state index contributed by atoms with van der Waals surface area (Å²) in [6.45, 7) is 3.06. The maximum absolute atomic E-state index is 6.51. The van der Waals surface area contributed by atoms with Crippen molar-refractivity contribution in [2.75, 3.05) is 20.8 Å². The summed E-state index contributed by atoms with van der Waals surface area (Å²) < 4.78 is 22.3. The van der Waals surface area contributed by atoms with Gasteiger partial charge in [-0.2, -0.15) is 5.10 Å². The van der Waals surface area contributed by atoms with Crippen molar-refractivity contribution in [3.05, 3.63) is 80.3 Å². The molecule has 0 atom stereocenters. The van der Waals surface area contributed by atoms with Gasteiger partial charge in [-0.1, -0.05) is 46.9 Å². The number of halogens is 3. The van der Waals surface area contributed by atoms with E-state index in [-0.39, 0.29) is 6.61 Å². The van der Waals surface area contributed by atoms with Crippen LogP contribution in [0.4, 0.5) is 0 Å². The van der Waals surface area contributed by atoms with E-state index in [2.05, 4.69) is 10.5 Å². The molecule has 0 radical (unpaired) electrons. The average molecular weight is 524 g/mol. The molecule has 180 valence electrons. The molecule has 3 aromatic rings. The Morgan fingerprint density at radius 1 is 0.853 bits per heavy atom. The lowest BCUT2D eigenvalue weighted by atomic mass is 10.2. The minimum Gasteiger partial charge on any atom is -0.493 e. The molecule has 3 rings (SSSR count). The molecule has 0 saturated carbocycles. The molecule has 34 heavy (non-hydrogen) atoms. The van der Waals surface area contributed by atoms with Gasteiger partial charge in [0.15, 0.2) is 23.0 Å². The molecule has 0 aromatic heterocycles. The van der Waals surface area contributed by atoms with Crippen LogP contribution >= 0.6 is 34.8 Å². The number of hydrogen-bond acceptors (Lipinski definition) is 6. The molecule has 0 aliphatic carbocycles. The van der Waals surface area contributed by atoms with Crippen LogP contribution in [0.15, 0.2) is 53.6 Å². The third kappa shape index (κ3) is 6.86. The molecule has 0 aliphatic rings. The minimum atomic E-state index is 0.218. The molecule has 0 saturated heterocycles. The lowest BCUT2D eigenvalue weighted by Crippen LogP contribution is -2.06. The fraction of sp³-hybridized carbons (Fsp3) is 0.240. The van der Waals surface area contributed by atoms with Crippen LogP contribution in [0, 0.1) is 0 Å². The van der Waals surface area contributed by atoms with Crippen LogP contribution in [-0.4, -0.2) is 27.0 Å². The van der Waals surface area contributed by atoms with Crippen LogP contribution in [0.2, 0.25) is 15.1 Å². The fourth-order valence-electron chi connectivity index (χ4n) is 3.10. The highest BCUT2D eigenvalue weighted by molar-refractivity contribution is 6.35. The summed E-state index contributed by atoms with van der Waals surface area (Å²) >= 11 is 18.7. The number of benzene rings is 3. The van der Waals surface area contributed by atoms with Gasteiger partial charge in [-0.05, 0) is 54.4 Å². The van der Waals surface area contributed by atoms with E-state index in [0.29, 0.717) is 51.2 Å². The highest BCUT2D eigenvalue weighted by Crippen LogP contribution is 2.37. The zero-order valence-corrected chi connectivity index (χ0v) is 21.3. The van der Waals surface area contributed by atoms with Gasteiger partial charge in [0, 0.05) is 15.6 Å². The number of hydrogen-bond donors (Lipinski definition) is 1. The van der Waals surface area contributed by atoms with E-state index in [1.807, 2.05) is 37.3 Å². The lowest BCUT2D eigenvalue weighted by Gasteiger charge is -2.15. The first-order chi connectivity index (χ1) is 16.4. The second-order valence-electron chi connectivity index (χ2n) is 7.07.